The van der Waals surface area contributed by atoms with Crippen molar-refractivity contribution in [2.45, 2.75) is 161 Å². The third kappa shape index (κ3) is 19.3. The summed E-state index contributed by atoms with van der Waals surface area (Å²) < 4.78 is 0. The predicted octanol–water partition coefficient (Wildman–Crippen LogP) is 10.7. The molecule has 0 N–H and O–H groups in total. The second kappa shape index (κ2) is 21.7. The molecule has 0 bridgehead atoms. The minimum Gasteiger partial charge on any atom is -0.0912 e. The monoisotopic (exact) mass is 408 g/mol. The van der Waals surface area contributed by atoms with Gasteiger partial charge in [0.25, 0.3) is 0 Å². The Bertz CT molecular complexity index is 304. The Morgan fingerprint density at radius 3 is 1.32 bits per heavy atom. The van der Waals surface area contributed by atoms with Crippen molar-refractivity contribution in [3.05, 3.63) is 12.2 Å². The molecule has 0 aliphatic rings. The first-order valence-electron chi connectivity index (χ1n) is 13.3. The van der Waals surface area contributed by atoms with Gasteiger partial charge in [0, 0.05) is 0 Å². The Labute approximate surface area is 181 Å². The molecule has 0 saturated heterocycles. The minimum atomic E-state index is -1.05. The lowest BCUT2D eigenvalue weighted by Crippen LogP contribution is -2.28. The first-order valence-corrected chi connectivity index (χ1v) is 16.5. The molecule has 0 aromatic carbocycles. The van der Waals surface area contributed by atoms with Gasteiger partial charge >= 0.3 is 0 Å². The van der Waals surface area contributed by atoms with E-state index in [1.165, 1.54) is 122 Å². The van der Waals surface area contributed by atoms with Crippen LogP contribution in [0.25, 0.3) is 0 Å². The maximum atomic E-state index is 2.72. The van der Waals surface area contributed by atoms with Gasteiger partial charge in [-0.2, -0.15) is 0 Å². The smallest absolute Gasteiger partial charge is 0.0542 e. The molecule has 0 nitrogen and oxygen atoms in total. The van der Waals surface area contributed by atoms with Gasteiger partial charge in [-0.25, -0.2) is 0 Å². The van der Waals surface area contributed by atoms with Crippen LogP contribution in [0.1, 0.15) is 136 Å². The molecule has 1 heteroatoms. The minimum absolute atomic E-state index is 1.05. The van der Waals surface area contributed by atoms with E-state index in [2.05, 4.69) is 39.5 Å². The summed E-state index contributed by atoms with van der Waals surface area (Å²) in [5.41, 5.74) is 0. The van der Waals surface area contributed by atoms with Gasteiger partial charge in [-0.05, 0) is 18.9 Å². The van der Waals surface area contributed by atoms with E-state index in [-0.39, 0.29) is 0 Å². The van der Waals surface area contributed by atoms with Crippen LogP contribution in [0.4, 0.5) is 0 Å². The lowest BCUT2D eigenvalue weighted by Gasteiger charge is -2.26. The van der Waals surface area contributed by atoms with Gasteiger partial charge in [-0.1, -0.05) is 154 Å². The zero-order chi connectivity index (χ0) is 20.8. The molecule has 0 fully saturated rings. The zero-order valence-corrected chi connectivity index (χ0v) is 21.5. The summed E-state index contributed by atoms with van der Waals surface area (Å²) >= 11 is 0. The maximum absolute atomic E-state index is 2.72. The largest absolute Gasteiger partial charge is 0.0912 e. The molecule has 0 radical (unpaired) electrons. The fourth-order valence-electron chi connectivity index (χ4n) is 4.34. The van der Waals surface area contributed by atoms with Crippen LogP contribution in [0.3, 0.4) is 0 Å². The van der Waals surface area contributed by atoms with E-state index in [4.69, 9.17) is 0 Å². The first kappa shape index (κ1) is 28.0. The van der Waals surface area contributed by atoms with Crippen molar-refractivity contribution in [2.75, 3.05) is 0 Å². The summed E-state index contributed by atoms with van der Waals surface area (Å²) in [5, 5.41) is 0. The average Bonchev–Trinajstić information content (AvgIpc) is 2.69. The van der Waals surface area contributed by atoms with Gasteiger partial charge in [-0.15, -0.1) is 0 Å². The highest BCUT2D eigenvalue weighted by Gasteiger charge is 2.24. The van der Waals surface area contributed by atoms with E-state index in [9.17, 15) is 0 Å². The number of rotatable bonds is 22. The average molecular weight is 409 g/mol. The van der Waals surface area contributed by atoms with Gasteiger partial charge in [0.05, 0.1) is 8.07 Å². The van der Waals surface area contributed by atoms with Crippen molar-refractivity contribution >= 4 is 8.07 Å². The van der Waals surface area contributed by atoms with E-state index in [1.54, 1.807) is 12.1 Å². The first-order chi connectivity index (χ1) is 13.7. The van der Waals surface area contributed by atoms with E-state index >= 15 is 0 Å². The summed E-state index contributed by atoms with van der Waals surface area (Å²) in [6.45, 7) is 9.66. The Kier molecular flexibility index (Phi) is 21.6. The Morgan fingerprint density at radius 2 is 0.857 bits per heavy atom. The maximum Gasteiger partial charge on any atom is 0.0542 e. The second-order valence-corrected chi connectivity index (χ2v) is 14.8. The summed E-state index contributed by atoms with van der Waals surface area (Å²) in [4.78, 5) is 0. The molecule has 168 valence electrons. The third-order valence-corrected chi connectivity index (χ3v) is 10.9. The molecule has 0 saturated carbocycles. The number of hydrogen-bond acceptors (Lipinski definition) is 0. The number of unbranched alkanes of at least 4 members (excludes halogenated alkanes) is 15. The lowest BCUT2D eigenvalue weighted by molar-refractivity contribution is 0.614. The molecule has 0 atom stereocenters. The Morgan fingerprint density at radius 1 is 0.464 bits per heavy atom. The fourth-order valence-corrected chi connectivity index (χ4v) is 7.95. The van der Waals surface area contributed by atoms with E-state index in [0.717, 1.165) is 0 Å². The van der Waals surface area contributed by atoms with Crippen LogP contribution < -0.4 is 0 Å². The highest BCUT2D eigenvalue weighted by molar-refractivity contribution is 6.79. The van der Waals surface area contributed by atoms with Crippen LogP contribution in [-0.2, 0) is 0 Å². The molecule has 0 aliphatic heterocycles. The number of hydrogen-bond donors (Lipinski definition) is 0. The van der Waals surface area contributed by atoms with Crippen molar-refractivity contribution in [2.24, 2.45) is 0 Å². The third-order valence-electron chi connectivity index (χ3n) is 6.52. The van der Waals surface area contributed by atoms with E-state index < -0.39 is 8.07 Å². The molecular weight excluding hydrogens is 352 g/mol. The zero-order valence-electron chi connectivity index (χ0n) is 20.5. The normalized spacial score (nSPS) is 12.3. The molecule has 0 rings (SSSR count). The van der Waals surface area contributed by atoms with Gasteiger partial charge in [-0.3, -0.25) is 0 Å². The summed E-state index contributed by atoms with van der Waals surface area (Å²) in [6, 6.07) is 4.61. The van der Waals surface area contributed by atoms with Crippen LogP contribution in [0.5, 0.6) is 0 Å². The quantitative estimate of drug-likeness (QED) is 0.0948. The summed E-state index contributed by atoms with van der Waals surface area (Å²) in [6.07, 6.45) is 31.0. The van der Waals surface area contributed by atoms with Crippen molar-refractivity contribution in [3.8, 4) is 0 Å². The molecule has 28 heavy (non-hydrogen) atoms. The standard InChI is InChI=1S/C27H56Si/c1-5-8-11-14-17-18-21-24-27-28(4,25-22-19-15-12-9-6-2)26-23-20-16-13-10-7-3/h21,24H,5-20,22-23,25-27H2,1-4H3/b24-21+. The SMILES string of the molecule is CCCCCCC/C=C/C[Si](C)(CCCCCCCC)CCCCCCCC. The van der Waals surface area contributed by atoms with Crippen LogP contribution in [-0.4, -0.2) is 8.07 Å². The molecule has 0 spiro atoms. The van der Waals surface area contributed by atoms with Crippen LogP contribution >= 0.6 is 0 Å². The van der Waals surface area contributed by atoms with Crippen molar-refractivity contribution in [1.82, 2.24) is 0 Å². The molecule has 0 aromatic rings. The van der Waals surface area contributed by atoms with Crippen molar-refractivity contribution < 1.29 is 0 Å². The summed E-state index contributed by atoms with van der Waals surface area (Å²) in [7, 11) is -1.05. The number of allylic oxidation sites excluding steroid dienone is 2. The van der Waals surface area contributed by atoms with Gasteiger partial charge < -0.3 is 0 Å². The van der Waals surface area contributed by atoms with Gasteiger partial charge in [0.2, 0.25) is 0 Å². The molecule has 0 aromatic heterocycles. The second-order valence-electron chi connectivity index (χ2n) is 9.72. The molecule has 0 aliphatic carbocycles. The Balaban J connectivity index is 4.14. The van der Waals surface area contributed by atoms with Crippen LogP contribution in [0.15, 0.2) is 12.2 Å². The van der Waals surface area contributed by atoms with Crippen molar-refractivity contribution in [3.63, 3.8) is 0 Å². The van der Waals surface area contributed by atoms with Crippen LogP contribution in [0.2, 0.25) is 24.7 Å². The van der Waals surface area contributed by atoms with Gasteiger partial charge in [0.1, 0.15) is 0 Å². The highest BCUT2D eigenvalue weighted by Crippen LogP contribution is 2.28. The molecule has 0 heterocycles. The molecule has 0 unspecified atom stereocenters. The molecular formula is C27H56Si. The lowest BCUT2D eigenvalue weighted by atomic mass is 10.1. The predicted molar refractivity (Wildman–Crippen MR) is 135 cm³/mol. The van der Waals surface area contributed by atoms with Crippen molar-refractivity contribution in [1.29, 1.82) is 0 Å². The topological polar surface area (TPSA) is 0 Å². The summed E-state index contributed by atoms with van der Waals surface area (Å²) in [5.74, 6) is 0. The molecule has 0 amide bonds. The van der Waals surface area contributed by atoms with Crippen LogP contribution in [0, 0.1) is 0 Å². The van der Waals surface area contributed by atoms with E-state index in [1.807, 2.05) is 0 Å². The highest BCUT2D eigenvalue weighted by atomic mass is 28.3. The van der Waals surface area contributed by atoms with Gasteiger partial charge in [0.15, 0.2) is 0 Å². The fraction of sp³-hybridized carbons (Fsp3) is 0.926. The van der Waals surface area contributed by atoms with E-state index in [0.29, 0.717) is 0 Å². The Hall–Kier alpha value is -0.0431.